The average Bonchev–Trinajstić information content (AvgIpc) is 2.54. The Morgan fingerprint density at radius 3 is 3.08 bits per heavy atom. The number of aliphatic hydroxyl groups excluding tert-OH is 1. The van der Waals surface area contributed by atoms with Gasteiger partial charge in [0.2, 0.25) is 0 Å². The van der Waals surface area contributed by atoms with Gasteiger partial charge in [0.15, 0.2) is 0 Å². The van der Waals surface area contributed by atoms with Gasteiger partial charge in [-0.15, -0.1) is 0 Å². The lowest BCUT2D eigenvalue weighted by atomic mass is 10.1. The molecule has 13 heavy (non-hydrogen) atoms. The summed E-state index contributed by atoms with van der Waals surface area (Å²) in [7, 11) is 1.60. The van der Waals surface area contributed by atoms with E-state index >= 15 is 0 Å². The second kappa shape index (κ2) is 5.01. The van der Waals surface area contributed by atoms with Gasteiger partial charge in [0.25, 0.3) is 0 Å². The van der Waals surface area contributed by atoms with Gasteiger partial charge < -0.3 is 20.0 Å². The van der Waals surface area contributed by atoms with E-state index in [1.807, 2.05) is 0 Å². The molecule has 0 aliphatic rings. The maximum absolute atomic E-state index is 9.59. The molecule has 0 amide bonds. The molecule has 0 radical (unpaired) electrons. The first-order valence-electron chi connectivity index (χ1n) is 4.23. The molecule has 1 aromatic rings. The largest absolute Gasteiger partial charge is 0.466 e. The normalized spacial score (nSPS) is 13.2. The summed E-state index contributed by atoms with van der Waals surface area (Å²) in [5, 5.41) is 9.59. The molecular formula is C9H15NO3. The molecule has 0 unspecified atom stereocenters. The van der Waals surface area contributed by atoms with Crippen LogP contribution >= 0.6 is 0 Å². The van der Waals surface area contributed by atoms with E-state index in [1.165, 1.54) is 0 Å². The van der Waals surface area contributed by atoms with Crippen molar-refractivity contribution in [3.63, 3.8) is 0 Å². The highest BCUT2D eigenvalue weighted by molar-refractivity contribution is 5.18. The zero-order valence-electron chi connectivity index (χ0n) is 7.69. The summed E-state index contributed by atoms with van der Waals surface area (Å²) in [5.74, 6) is 0.562. The van der Waals surface area contributed by atoms with Crippen LogP contribution in [0.5, 0.6) is 0 Å². The highest BCUT2D eigenvalue weighted by atomic mass is 16.5. The van der Waals surface area contributed by atoms with Crippen molar-refractivity contribution in [1.29, 1.82) is 0 Å². The summed E-state index contributed by atoms with van der Waals surface area (Å²) < 4.78 is 10.1. The van der Waals surface area contributed by atoms with Crippen LogP contribution in [0, 0.1) is 0 Å². The number of furan rings is 1. The molecule has 0 spiro atoms. The van der Waals surface area contributed by atoms with Gasteiger partial charge in [-0.2, -0.15) is 0 Å². The Morgan fingerprint density at radius 2 is 2.46 bits per heavy atom. The Kier molecular flexibility index (Phi) is 3.95. The first-order valence-corrected chi connectivity index (χ1v) is 4.23. The number of rotatable bonds is 5. The Balaban J connectivity index is 2.68. The van der Waals surface area contributed by atoms with Crippen LogP contribution < -0.4 is 5.73 Å². The minimum absolute atomic E-state index is 0.439. The van der Waals surface area contributed by atoms with Crippen molar-refractivity contribution in [3.8, 4) is 0 Å². The summed E-state index contributed by atoms with van der Waals surface area (Å²) in [4.78, 5) is 0. The second-order valence-corrected chi connectivity index (χ2v) is 2.84. The Morgan fingerprint density at radius 1 is 1.69 bits per heavy atom. The summed E-state index contributed by atoms with van der Waals surface area (Å²) in [6.45, 7) is 0.891. The van der Waals surface area contributed by atoms with Crippen molar-refractivity contribution >= 4 is 0 Å². The molecule has 1 atom stereocenters. The van der Waals surface area contributed by atoms with Gasteiger partial charge in [0.1, 0.15) is 11.9 Å². The number of hydrogen-bond acceptors (Lipinski definition) is 4. The molecule has 0 fully saturated rings. The number of nitrogens with two attached hydrogens (primary N) is 1. The molecule has 0 aliphatic heterocycles. The summed E-state index contributed by atoms with van der Waals surface area (Å²) >= 11 is 0. The van der Waals surface area contributed by atoms with Crippen LogP contribution in [0.4, 0.5) is 0 Å². The highest BCUT2D eigenvalue weighted by Gasteiger charge is 2.14. The van der Waals surface area contributed by atoms with Crippen LogP contribution in [0.1, 0.15) is 23.8 Å². The highest BCUT2D eigenvalue weighted by Crippen LogP contribution is 2.22. The molecule has 4 heteroatoms. The van der Waals surface area contributed by atoms with E-state index in [2.05, 4.69) is 0 Å². The van der Waals surface area contributed by atoms with Crippen molar-refractivity contribution in [2.24, 2.45) is 5.73 Å². The van der Waals surface area contributed by atoms with Gasteiger partial charge in [-0.05, 0) is 19.0 Å². The zero-order chi connectivity index (χ0) is 9.68. The quantitative estimate of drug-likeness (QED) is 0.712. The van der Waals surface area contributed by atoms with Crippen LogP contribution in [0.3, 0.4) is 0 Å². The minimum atomic E-state index is -0.620. The molecule has 1 heterocycles. The smallest absolute Gasteiger partial charge is 0.137 e. The topological polar surface area (TPSA) is 68.6 Å². The number of hydrogen-bond donors (Lipinski definition) is 2. The van der Waals surface area contributed by atoms with Crippen molar-refractivity contribution in [3.05, 3.63) is 23.7 Å². The van der Waals surface area contributed by atoms with Crippen LogP contribution in [-0.2, 0) is 11.3 Å². The van der Waals surface area contributed by atoms with Crippen LogP contribution in [0.15, 0.2) is 16.7 Å². The molecular weight excluding hydrogens is 170 g/mol. The average molecular weight is 185 g/mol. The van der Waals surface area contributed by atoms with Crippen molar-refractivity contribution in [2.75, 3.05) is 13.7 Å². The molecule has 3 N–H and O–H groups in total. The van der Waals surface area contributed by atoms with Gasteiger partial charge in [0.05, 0.1) is 12.9 Å². The fourth-order valence-corrected chi connectivity index (χ4v) is 1.20. The molecule has 0 bridgehead atoms. The lowest BCUT2D eigenvalue weighted by Crippen LogP contribution is -2.07. The fraction of sp³-hybridized carbons (Fsp3) is 0.556. The predicted octanol–water partition coefficient (Wildman–Crippen LogP) is 0.808. The van der Waals surface area contributed by atoms with Gasteiger partial charge >= 0.3 is 0 Å². The standard InChI is InChI=1S/C9H15NO3/c1-12-6-7-3-5-13-9(7)8(11)2-4-10/h3,5,8,11H,2,4,6,10H2,1H3/t8-/m1/s1. The molecule has 1 aromatic heterocycles. The zero-order valence-corrected chi connectivity index (χ0v) is 7.69. The monoisotopic (exact) mass is 185 g/mol. The van der Waals surface area contributed by atoms with E-state index in [-0.39, 0.29) is 0 Å². The third kappa shape index (κ3) is 2.55. The van der Waals surface area contributed by atoms with Gasteiger partial charge in [-0.25, -0.2) is 0 Å². The molecule has 0 saturated heterocycles. The first kappa shape index (κ1) is 10.2. The van der Waals surface area contributed by atoms with Crippen molar-refractivity contribution in [2.45, 2.75) is 19.1 Å². The van der Waals surface area contributed by atoms with Crippen molar-refractivity contribution < 1.29 is 14.3 Å². The second-order valence-electron chi connectivity index (χ2n) is 2.84. The Labute approximate surface area is 77.3 Å². The fourth-order valence-electron chi connectivity index (χ4n) is 1.20. The Hall–Kier alpha value is -0.840. The first-order chi connectivity index (χ1) is 6.29. The molecule has 0 aromatic carbocycles. The van der Waals surface area contributed by atoms with Crippen molar-refractivity contribution in [1.82, 2.24) is 0 Å². The lowest BCUT2D eigenvalue weighted by molar-refractivity contribution is 0.133. The minimum Gasteiger partial charge on any atom is -0.466 e. The van der Waals surface area contributed by atoms with E-state index < -0.39 is 6.10 Å². The third-order valence-electron chi connectivity index (χ3n) is 1.82. The van der Waals surface area contributed by atoms with Crippen LogP contribution in [0.25, 0.3) is 0 Å². The van der Waals surface area contributed by atoms with Crippen LogP contribution in [-0.4, -0.2) is 18.8 Å². The van der Waals surface area contributed by atoms with E-state index in [0.29, 0.717) is 25.3 Å². The molecule has 0 saturated carbocycles. The van der Waals surface area contributed by atoms with Gasteiger partial charge in [-0.3, -0.25) is 0 Å². The molecule has 1 rings (SSSR count). The van der Waals surface area contributed by atoms with Gasteiger partial charge in [-0.1, -0.05) is 0 Å². The van der Waals surface area contributed by atoms with Gasteiger partial charge in [0, 0.05) is 12.7 Å². The SMILES string of the molecule is COCc1ccoc1[C@H](O)CCN. The maximum Gasteiger partial charge on any atom is 0.137 e. The summed E-state index contributed by atoms with van der Waals surface area (Å²) in [6, 6.07) is 1.79. The van der Waals surface area contributed by atoms with Crippen LogP contribution in [0.2, 0.25) is 0 Å². The third-order valence-corrected chi connectivity index (χ3v) is 1.82. The van der Waals surface area contributed by atoms with E-state index in [1.54, 1.807) is 19.4 Å². The summed E-state index contributed by atoms with van der Waals surface area (Å²) in [6.07, 6.45) is 1.43. The molecule has 74 valence electrons. The molecule has 0 aliphatic carbocycles. The lowest BCUT2D eigenvalue weighted by Gasteiger charge is -2.08. The van der Waals surface area contributed by atoms with E-state index in [4.69, 9.17) is 14.9 Å². The Bertz CT molecular complexity index is 247. The van der Waals surface area contributed by atoms with E-state index in [9.17, 15) is 5.11 Å². The number of ether oxygens (including phenoxy) is 1. The molecule has 4 nitrogen and oxygen atoms in total. The van der Waals surface area contributed by atoms with E-state index in [0.717, 1.165) is 5.56 Å². The maximum atomic E-state index is 9.59. The predicted molar refractivity (Wildman–Crippen MR) is 48.1 cm³/mol. The summed E-state index contributed by atoms with van der Waals surface area (Å²) in [5.41, 5.74) is 6.20. The number of methoxy groups -OCH3 is 1. The number of aliphatic hydroxyl groups is 1.